The van der Waals surface area contributed by atoms with Crippen LogP contribution in [0.2, 0.25) is 0 Å². The molecule has 1 aliphatic rings. The van der Waals surface area contributed by atoms with Crippen molar-refractivity contribution < 1.29 is 19.4 Å². The van der Waals surface area contributed by atoms with Crippen molar-refractivity contribution in [3.05, 3.63) is 12.7 Å². The van der Waals surface area contributed by atoms with E-state index < -0.39 is 24.0 Å². The van der Waals surface area contributed by atoms with E-state index in [1.54, 1.807) is 19.9 Å². The number of aliphatic hydroxyl groups excluding tert-OH is 1. The Balaban J connectivity index is 2.81. The number of hydrogen-bond acceptors (Lipinski definition) is 4. The summed E-state index contributed by atoms with van der Waals surface area (Å²) in [7, 11) is 0. The zero-order valence-electron chi connectivity index (χ0n) is 7.82. The average Bonchev–Trinajstić information content (AvgIpc) is 2.00. The smallest absolute Gasteiger partial charge is 0.428 e. The van der Waals surface area contributed by atoms with Crippen LogP contribution < -0.4 is 0 Å². The maximum atomic E-state index is 10.9. The van der Waals surface area contributed by atoms with Crippen molar-refractivity contribution in [2.45, 2.75) is 38.1 Å². The number of ether oxygens (including phenoxy) is 2. The van der Waals surface area contributed by atoms with E-state index in [-0.39, 0.29) is 0 Å². The minimum atomic E-state index is -0.906. The first-order chi connectivity index (χ1) is 5.99. The maximum absolute atomic E-state index is 10.9. The molecule has 1 rings (SSSR count). The summed E-state index contributed by atoms with van der Waals surface area (Å²) in [6.45, 7) is 6.84. The molecule has 0 aromatic rings. The predicted octanol–water partition coefficient (Wildman–Crippen LogP) is 1.24. The molecule has 1 fully saturated rings. The molecule has 0 saturated carbocycles. The molecule has 1 heterocycles. The Morgan fingerprint density at radius 3 is 2.92 bits per heavy atom. The zero-order valence-corrected chi connectivity index (χ0v) is 7.82. The van der Waals surface area contributed by atoms with Crippen LogP contribution in [-0.4, -0.2) is 29.1 Å². The SMILES string of the molecule is C=CCC1(C)OC(=O)OC(C)C1O. The van der Waals surface area contributed by atoms with Crippen molar-refractivity contribution in [3.8, 4) is 0 Å². The van der Waals surface area contributed by atoms with Gasteiger partial charge >= 0.3 is 6.16 Å². The van der Waals surface area contributed by atoms with Crippen molar-refractivity contribution in [1.82, 2.24) is 0 Å². The lowest BCUT2D eigenvalue weighted by Crippen LogP contribution is -2.54. The first kappa shape index (κ1) is 10.1. The molecule has 74 valence electrons. The highest BCUT2D eigenvalue weighted by Gasteiger charge is 2.45. The normalized spacial score (nSPS) is 39.2. The fraction of sp³-hybridized carbons (Fsp3) is 0.667. The highest BCUT2D eigenvalue weighted by atomic mass is 16.8. The summed E-state index contributed by atoms with van der Waals surface area (Å²) < 4.78 is 9.61. The van der Waals surface area contributed by atoms with Gasteiger partial charge in [-0.25, -0.2) is 4.79 Å². The van der Waals surface area contributed by atoms with E-state index in [0.29, 0.717) is 6.42 Å². The van der Waals surface area contributed by atoms with Gasteiger partial charge in [-0.05, 0) is 13.8 Å². The molecule has 0 radical (unpaired) electrons. The summed E-state index contributed by atoms with van der Waals surface area (Å²) >= 11 is 0. The molecule has 3 atom stereocenters. The van der Waals surface area contributed by atoms with Gasteiger partial charge in [-0.1, -0.05) is 6.08 Å². The second-order valence-corrected chi connectivity index (χ2v) is 3.43. The molecule has 1 saturated heterocycles. The minimum absolute atomic E-state index is 0.410. The van der Waals surface area contributed by atoms with E-state index in [4.69, 9.17) is 9.47 Å². The van der Waals surface area contributed by atoms with Gasteiger partial charge in [-0.3, -0.25) is 0 Å². The first-order valence-corrected chi connectivity index (χ1v) is 4.18. The van der Waals surface area contributed by atoms with Crippen molar-refractivity contribution in [2.24, 2.45) is 0 Å². The highest BCUT2D eigenvalue weighted by Crippen LogP contribution is 2.29. The van der Waals surface area contributed by atoms with Crippen LogP contribution in [0.5, 0.6) is 0 Å². The van der Waals surface area contributed by atoms with Crippen LogP contribution in [0, 0.1) is 0 Å². The average molecular weight is 186 g/mol. The van der Waals surface area contributed by atoms with E-state index in [1.165, 1.54) is 0 Å². The molecular weight excluding hydrogens is 172 g/mol. The Kier molecular flexibility index (Phi) is 2.61. The van der Waals surface area contributed by atoms with Gasteiger partial charge in [0.1, 0.15) is 17.8 Å². The zero-order chi connectivity index (χ0) is 10.1. The van der Waals surface area contributed by atoms with Crippen molar-refractivity contribution in [2.75, 3.05) is 0 Å². The molecule has 4 heteroatoms. The second-order valence-electron chi connectivity index (χ2n) is 3.43. The summed E-state index contributed by atoms with van der Waals surface area (Å²) in [5, 5.41) is 9.70. The van der Waals surface area contributed by atoms with E-state index >= 15 is 0 Å². The summed E-state index contributed by atoms with van der Waals surface area (Å²) in [5.41, 5.74) is -0.906. The quantitative estimate of drug-likeness (QED) is 0.520. The van der Waals surface area contributed by atoms with Crippen LogP contribution >= 0.6 is 0 Å². The Labute approximate surface area is 77.1 Å². The molecule has 0 aromatic heterocycles. The highest BCUT2D eigenvalue weighted by molar-refractivity contribution is 5.62. The molecule has 13 heavy (non-hydrogen) atoms. The second kappa shape index (κ2) is 3.38. The first-order valence-electron chi connectivity index (χ1n) is 4.18. The van der Waals surface area contributed by atoms with E-state index in [9.17, 15) is 9.90 Å². The van der Waals surface area contributed by atoms with Gasteiger partial charge in [0, 0.05) is 6.42 Å². The molecule has 0 spiro atoms. The van der Waals surface area contributed by atoms with Gasteiger partial charge < -0.3 is 14.6 Å². The van der Waals surface area contributed by atoms with Crippen LogP contribution in [0.4, 0.5) is 4.79 Å². The summed E-state index contributed by atoms with van der Waals surface area (Å²) in [5.74, 6) is 0. The van der Waals surface area contributed by atoms with Crippen LogP contribution in [0.3, 0.4) is 0 Å². The number of carbonyl (C=O) groups excluding carboxylic acids is 1. The maximum Gasteiger partial charge on any atom is 0.509 e. The van der Waals surface area contributed by atoms with Crippen molar-refractivity contribution in [1.29, 1.82) is 0 Å². The molecular formula is C9H14O4. The molecule has 0 bridgehead atoms. The van der Waals surface area contributed by atoms with Gasteiger partial charge in [-0.2, -0.15) is 0 Å². The third kappa shape index (κ3) is 1.83. The topological polar surface area (TPSA) is 55.8 Å². The molecule has 4 nitrogen and oxygen atoms in total. The lowest BCUT2D eigenvalue weighted by Gasteiger charge is -2.39. The number of carbonyl (C=O) groups is 1. The summed E-state index contributed by atoms with van der Waals surface area (Å²) in [4.78, 5) is 10.9. The van der Waals surface area contributed by atoms with E-state index in [2.05, 4.69) is 6.58 Å². The Morgan fingerprint density at radius 2 is 2.38 bits per heavy atom. The molecule has 0 amide bonds. The fourth-order valence-electron chi connectivity index (χ4n) is 1.44. The largest absolute Gasteiger partial charge is 0.509 e. The lowest BCUT2D eigenvalue weighted by molar-refractivity contribution is -0.177. The van der Waals surface area contributed by atoms with E-state index in [1.807, 2.05) is 0 Å². The predicted molar refractivity (Wildman–Crippen MR) is 46.3 cm³/mol. The number of aliphatic hydroxyl groups is 1. The van der Waals surface area contributed by atoms with Gasteiger partial charge in [0.2, 0.25) is 0 Å². The van der Waals surface area contributed by atoms with Gasteiger partial charge in [-0.15, -0.1) is 6.58 Å². The molecule has 3 unspecified atom stereocenters. The number of rotatable bonds is 2. The van der Waals surface area contributed by atoms with Crippen LogP contribution in [0.1, 0.15) is 20.3 Å². The molecule has 1 N–H and O–H groups in total. The summed E-state index contributed by atoms with van der Waals surface area (Å²) in [6, 6.07) is 0. The monoisotopic (exact) mass is 186 g/mol. The number of cyclic esters (lactones) is 2. The molecule has 0 aliphatic carbocycles. The standard InChI is InChI=1S/C9H14O4/c1-4-5-9(3)7(10)6(2)12-8(11)13-9/h4,6-7,10H,1,5H2,2-3H3. The van der Waals surface area contributed by atoms with Gasteiger partial charge in [0.05, 0.1) is 0 Å². The lowest BCUT2D eigenvalue weighted by atomic mass is 9.91. The Morgan fingerprint density at radius 1 is 1.77 bits per heavy atom. The van der Waals surface area contributed by atoms with Crippen LogP contribution in [0.25, 0.3) is 0 Å². The molecule has 0 aromatic carbocycles. The third-order valence-corrected chi connectivity index (χ3v) is 2.22. The number of hydrogen-bond donors (Lipinski definition) is 1. The Hall–Kier alpha value is -1.03. The van der Waals surface area contributed by atoms with Crippen molar-refractivity contribution in [3.63, 3.8) is 0 Å². The Bertz CT molecular complexity index is 226. The van der Waals surface area contributed by atoms with E-state index in [0.717, 1.165) is 0 Å². The minimum Gasteiger partial charge on any atom is -0.428 e. The van der Waals surface area contributed by atoms with Gasteiger partial charge in [0.15, 0.2) is 0 Å². The molecule has 1 aliphatic heterocycles. The van der Waals surface area contributed by atoms with Crippen LogP contribution in [-0.2, 0) is 9.47 Å². The fourth-order valence-corrected chi connectivity index (χ4v) is 1.44. The summed E-state index contributed by atoms with van der Waals surface area (Å²) in [6.07, 6.45) is -0.0705. The third-order valence-electron chi connectivity index (χ3n) is 2.22. The van der Waals surface area contributed by atoms with Gasteiger partial charge in [0.25, 0.3) is 0 Å². The van der Waals surface area contributed by atoms with Crippen molar-refractivity contribution >= 4 is 6.16 Å². The van der Waals surface area contributed by atoms with Crippen LogP contribution in [0.15, 0.2) is 12.7 Å².